The van der Waals surface area contributed by atoms with E-state index in [1.807, 2.05) is 13.8 Å². The van der Waals surface area contributed by atoms with Gasteiger partial charge in [-0.25, -0.2) is 8.42 Å². The maximum atomic E-state index is 14.0. The van der Waals surface area contributed by atoms with Gasteiger partial charge in [0.2, 0.25) is 11.8 Å². The smallest absolute Gasteiger partial charge is 0.264 e. The van der Waals surface area contributed by atoms with E-state index in [1.54, 1.807) is 61.5 Å². The average Bonchev–Trinajstić information content (AvgIpc) is 2.95. The molecule has 0 saturated carbocycles. The molecule has 41 heavy (non-hydrogen) atoms. The molecule has 0 unspecified atom stereocenters. The van der Waals surface area contributed by atoms with Crippen molar-refractivity contribution >= 4 is 66.7 Å². The first kappa shape index (κ1) is 32.7. The number of benzene rings is 3. The van der Waals surface area contributed by atoms with E-state index in [9.17, 15) is 18.0 Å². The molecule has 220 valence electrons. The molecule has 0 saturated heterocycles. The summed E-state index contributed by atoms with van der Waals surface area (Å²) in [4.78, 5) is 28.3. The molecule has 1 N–H and O–H groups in total. The summed E-state index contributed by atoms with van der Waals surface area (Å²) in [5.74, 6) is -0.375. The predicted molar refractivity (Wildman–Crippen MR) is 166 cm³/mol. The molecule has 0 radical (unpaired) electrons. The van der Waals surface area contributed by atoms with Gasteiger partial charge in [0.1, 0.15) is 18.3 Å². The maximum Gasteiger partial charge on any atom is 0.264 e. The number of hydrogen-bond donors (Lipinski definition) is 1. The van der Waals surface area contributed by atoms with Crippen LogP contribution >= 0.6 is 39.1 Å². The van der Waals surface area contributed by atoms with E-state index in [1.165, 1.54) is 17.0 Å². The van der Waals surface area contributed by atoms with E-state index in [2.05, 4.69) is 21.2 Å². The summed E-state index contributed by atoms with van der Waals surface area (Å²) >= 11 is 15.6. The largest absolute Gasteiger partial charge is 0.494 e. The fourth-order valence-electron chi connectivity index (χ4n) is 3.95. The topological polar surface area (TPSA) is 96.0 Å². The third-order valence-corrected chi connectivity index (χ3v) is 9.23. The van der Waals surface area contributed by atoms with E-state index in [-0.39, 0.29) is 23.0 Å². The second-order valence-electron chi connectivity index (χ2n) is 9.13. The first-order chi connectivity index (χ1) is 19.5. The summed E-state index contributed by atoms with van der Waals surface area (Å²) in [5.41, 5.74) is 0.897. The van der Waals surface area contributed by atoms with E-state index < -0.39 is 28.5 Å². The fourth-order valence-corrected chi connectivity index (χ4v) is 5.95. The molecule has 0 aliphatic carbocycles. The molecule has 2 amide bonds. The highest BCUT2D eigenvalue weighted by Crippen LogP contribution is 2.28. The van der Waals surface area contributed by atoms with Crippen molar-refractivity contribution in [2.75, 3.05) is 24.0 Å². The van der Waals surface area contributed by atoms with Crippen LogP contribution in [0.4, 0.5) is 5.69 Å². The van der Waals surface area contributed by atoms with Crippen molar-refractivity contribution < 1.29 is 22.7 Å². The van der Waals surface area contributed by atoms with Crippen LogP contribution in [0.15, 0.2) is 76.1 Å². The highest BCUT2D eigenvalue weighted by molar-refractivity contribution is 9.10. The summed E-state index contributed by atoms with van der Waals surface area (Å²) in [6.45, 7) is 5.70. The second kappa shape index (κ2) is 14.9. The van der Waals surface area contributed by atoms with Crippen LogP contribution in [0.1, 0.15) is 32.8 Å². The third kappa shape index (κ3) is 8.61. The summed E-state index contributed by atoms with van der Waals surface area (Å²) in [6.07, 6.45) is 0.718. The zero-order valence-electron chi connectivity index (χ0n) is 22.9. The quantitative estimate of drug-likeness (QED) is 0.228. The Labute approximate surface area is 259 Å². The van der Waals surface area contributed by atoms with Crippen LogP contribution in [0, 0.1) is 0 Å². The summed E-state index contributed by atoms with van der Waals surface area (Å²) < 4.78 is 35.0. The lowest BCUT2D eigenvalue weighted by molar-refractivity contribution is -0.139. The van der Waals surface area contributed by atoms with Gasteiger partial charge in [-0.3, -0.25) is 13.9 Å². The molecule has 0 heterocycles. The third-order valence-electron chi connectivity index (χ3n) is 6.17. The molecule has 8 nitrogen and oxygen atoms in total. The minimum atomic E-state index is -4.18. The van der Waals surface area contributed by atoms with Gasteiger partial charge in [-0.15, -0.1) is 0 Å². The van der Waals surface area contributed by atoms with Crippen molar-refractivity contribution in [2.45, 2.75) is 44.7 Å². The molecule has 3 rings (SSSR count). The number of hydrogen-bond acceptors (Lipinski definition) is 5. The molecular formula is C29H32BrCl2N3O5S. The Kier molecular flexibility index (Phi) is 11.9. The number of nitrogens with zero attached hydrogens (tertiary/aromatic N) is 2. The summed E-state index contributed by atoms with van der Waals surface area (Å²) in [5, 5.41) is 3.46. The molecule has 3 aromatic rings. The van der Waals surface area contributed by atoms with Crippen molar-refractivity contribution in [3.63, 3.8) is 0 Å². The molecular weight excluding hydrogens is 653 g/mol. The minimum absolute atomic E-state index is 0.00584. The Balaban J connectivity index is 2.03. The number of rotatable bonds is 13. The Morgan fingerprint density at radius 1 is 0.976 bits per heavy atom. The number of anilines is 1. The average molecular weight is 685 g/mol. The van der Waals surface area contributed by atoms with Crippen molar-refractivity contribution in [1.29, 1.82) is 0 Å². The van der Waals surface area contributed by atoms with Gasteiger partial charge in [0.05, 0.1) is 27.2 Å². The van der Waals surface area contributed by atoms with Crippen LogP contribution in [-0.4, -0.2) is 50.9 Å². The second-order valence-corrected chi connectivity index (χ2v) is 12.7. The molecule has 1 atom stereocenters. The Morgan fingerprint density at radius 3 is 2.22 bits per heavy atom. The van der Waals surface area contributed by atoms with E-state index in [0.29, 0.717) is 39.0 Å². The van der Waals surface area contributed by atoms with E-state index in [4.69, 9.17) is 27.9 Å². The van der Waals surface area contributed by atoms with Gasteiger partial charge in [0, 0.05) is 17.6 Å². The van der Waals surface area contributed by atoms with Crippen LogP contribution in [0.3, 0.4) is 0 Å². The molecule has 3 aromatic carbocycles. The lowest BCUT2D eigenvalue weighted by atomic mass is 10.1. The van der Waals surface area contributed by atoms with Crippen LogP contribution in [-0.2, 0) is 26.2 Å². The van der Waals surface area contributed by atoms with Crippen LogP contribution in [0.2, 0.25) is 10.0 Å². The molecule has 0 fully saturated rings. The maximum absolute atomic E-state index is 14.0. The van der Waals surface area contributed by atoms with Gasteiger partial charge in [-0.1, -0.05) is 52.1 Å². The van der Waals surface area contributed by atoms with Gasteiger partial charge < -0.3 is 15.0 Å². The van der Waals surface area contributed by atoms with Crippen LogP contribution in [0.5, 0.6) is 5.75 Å². The molecule has 0 bridgehead atoms. The normalized spacial score (nSPS) is 12.0. The van der Waals surface area contributed by atoms with Gasteiger partial charge >= 0.3 is 0 Å². The number of carbonyl (C=O) groups is 2. The first-order valence-corrected chi connectivity index (χ1v) is 16.0. The van der Waals surface area contributed by atoms with E-state index in [0.717, 1.165) is 10.7 Å². The standard InChI is InChI=1S/C29H32BrCl2N3O5S/c1-4-16-33-29(37)20(3)34(18-21-6-15-26(31)27(32)17-21)28(36)19-35(23-9-11-24(12-10-23)40-5-2)41(38,39)25-13-7-22(30)8-14-25/h6-15,17,20H,4-5,16,18-19H2,1-3H3,(H,33,37)/t20-/m1/s1. The highest BCUT2D eigenvalue weighted by Gasteiger charge is 2.32. The number of nitrogens with one attached hydrogen (secondary N) is 1. The van der Waals surface area contributed by atoms with Crippen LogP contribution < -0.4 is 14.4 Å². The zero-order chi connectivity index (χ0) is 30.2. The molecule has 0 aliphatic heterocycles. The lowest BCUT2D eigenvalue weighted by Gasteiger charge is -2.32. The Morgan fingerprint density at radius 2 is 1.63 bits per heavy atom. The van der Waals surface area contributed by atoms with Crippen molar-refractivity contribution in [3.8, 4) is 5.75 Å². The van der Waals surface area contributed by atoms with Gasteiger partial charge in [-0.2, -0.15) is 0 Å². The van der Waals surface area contributed by atoms with Crippen molar-refractivity contribution in [3.05, 3.63) is 86.8 Å². The first-order valence-electron chi connectivity index (χ1n) is 13.0. The number of halogens is 3. The molecule has 0 aliphatic rings. The Bertz CT molecular complexity index is 1450. The highest BCUT2D eigenvalue weighted by atomic mass is 79.9. The van der Waals surface area contributed by atoms with Crippen molar-refractivity contribution in [1.82, 2.24) is 10.2 Å². The minimum Gasteiger partial charge on any atom is -0.494 e. The fraction of sp³-hybridized carbons (Fsp3) is 0.310. The van der Waals surface area contributed by atoms with E-state index >= 15 is 0 Å². The number of ether oxygens (including phenoxy) is 1. The van der Waals surface area contributed by atoms with Gasteiger partial charge in [-0.05, 0) is 86.5 Å². The number of amides is 2. The molecule has 0 spiro atoms. The zero-order valence-corrected chi connectivity index (χ0v) is 26.9. The number of sulfonamides is 1. The summed E-state index contributed by atoms with van der Waals surface area (Å²) in [7, 11) is -4.18. The van der Waals surface area contributed by atoms with Gasteiger partial charge in [0.15, 0.2) is 0 Å². The van der Waals surface area contributed by atoms with Crippen molar-refractivity contribution in [2.24, 2.45) is 0 Å². The predicted octanol–water partition coefficient (Wildman–Crippen LogP) is 6.29. The van der Waals surface area contributed by atoms with Crippen LogP contribution in [0.25, 0.3) is 0 Å². The summed E-state index contributed by atoms with van der Waals surface area (Å²) in [6, 6.07) is 16.6. The molecule has 0 aromatic heterocycles. The van der Waals surface area contributed by atoms with Gasteiger partial charge in [0.25, 0.3) is 10.0 Å². The molecule has 12 heteroatoms. The Hall–Kier alpha value is -2.79. The lowest BCUT2D eigenvalue weighted by Crippen LogP contribution is -2.51. The monoisotopic (exact) mass is 683 g/mol. The number of carbonyl (C=O) groups excluding carboxylic acids is 2. The SMILES string of the molecule is CCCNC(=O)[C@@H](C)N(Cc1ccc(Cl)c(Cl)c1)C(=O)CN(c1ccc(OCC)cc1)S(=O)(=O)c1ccc(Br)cc1.